The minimum Gasteiger partial charge on any atom is -0.453 e. The zero-order valence-electron chi connectivity index (χ0n) is 6.82. The van der Waals surface area contributed by atoms with Crippen LogP contribution >= 0.6 is 0 Å². The van der Waals surface area contributed by atoms with E-state index in [-0.39, 0.29) is 11.4 Å². The Morgan fingerprint density at radius 1 is 1.36 bits per heavy atom. The molecule has 3 nitrogen and oxygen atoms in total. The number of nitrogens with zero attached hydrogens (tertiary/aromatic N) is 2. The second-order valence-electron chi connectivity index (χ2n) is 2.29. The number of nitriles is 1. The number of rotatable bonds is 3. The minimum absolute atomic E-state index is 0.102. The van der Waals surface area contributed by atoms with E-state index in [0.29, 0.717) is 0 Å². The van der Waals surface area contributed by atoms with E-state index in [1.165, 1.54) is 12.1 Å². The van der Waals surface area contributed by atoms with Gasteiger partial charge in [0.05, 0.1) is 6.20 Å². The Kier molecular flexibility index (Phi) is 3.29. The van der Waals surface area contributed by atoms with Crippen molar-refractivity contribution in [3.05, 3.63) is 24.0 Å². The van der Waals surface area contributed by atoms with E-state index >= 15 is 0 Å². The Bertz CT molecular complexity index is 333. The fraction of sp³-hybridized carbons (Fsp3) is 0.250. The Balaban J connectivity index is 2.65. The molecule has 0 spiro atoms. The number of aromatic nitrogens is 1. The van der Waals surface area contributed by atoms with Gasteiger partial charge in [-0.15, -0.1) is 0 Å². The number of alkyl halides is 3. The van der Waals surface area contributed by atoms with Crippen LogP contribution in [-0.4, -0.2) is 17.8 Å². The molecule has 1 heterocycles. The summed E-state index contributed by atoms with van der Waals surface area (Å²) >= 11 is 0. The smallest absolute Gasteiger partial charge is 0.304 e. The van der Waals surface area contributed by atoms with Crippen molar-refractivity contribution in [2.24, 2.45) is 0 Å². The Morgan fingerprint density at radius 3 is 2.50 bits per heavy atom. The molecule has 1 unspecified atom stereocenters. The second kappa shape index (κ2) is 4.46. The van der Waals surface area contributed by atoms with Gasteiger partial charge in [-0.1, -0.05) is 0 Å². The van der Waals surface area contributed by atoms with Gasteiger partial charge in [-0.2, -0.15) is 9.65 Å². The summed E-state index contributed by atoms with van der Waals surface area (Å²) in [4.78, 5) is 3.51. The van der Waals surface area contributed by atoms with Gasteiger partial charge in [-0.05, 0) is 12.1 Å². The topological polar surface area (TPSA) is 45.9 Å². The molecule has 1 aromatic rings. The first-order chi connectivity index (χ1) is 6.63. The Morgan fingerprint density at radius 2 is 2.07 bits per heavy atom. The van der Waals surface area contributed by atoms with Crippen molar-refractivity contribution < 1.29 is 17.9 Å². The molecule has 1 rings (SSSR count). The number of ether oxygens (including phenoxy) is 1. The summed E-state index contributed by atoms with van der Waals surface area (Å²) in [6, 6.07) is 4.16. The Labute approximate surface area is 77.7 Å². The van der Waals surface area contributed by atoms with E-state index in [1.54, 1.807) is 6.07 Å². The van der Waals surface area contributed by atoms with Gasteiger partial charge in [0, 0.05) is 0 Å². The average Bonchev–Trinajstić information content (AvgIpc) is 2.19. The molecule has 14 heavy (non-hydrogen) atoms. The van der Waals surface area contributed by atoms with Crippen molar-refractivity contribution >= 4 is 0 Å². The van der Waals surface area contributed by atoms with Crippen LogP contribution in [0.25, 0.3) is 0 Å². The molecule has 0 amide bonds. The summed E-state index contributed by atoms with van der Waals surface area (Å²) in [5.74, 6) is -0.142. The molecule has 74 valence electrons. The van der Waals surface area contributed by atoms with Gasteiger partial charge in [0.15, 0.2) is 0 Å². The molecule has 0 fully saturated rings. The number of pyridine rings is 1. The predicted octanol–water partition coefficient (Wildman–Crippen LogP) is 1.89. The van der Waals surface area contributed by atoms with Gasteiger partial charge in [-0.25, -0.2) is 13.8 Å². The molecular weight excluding hydrogens is 197 g/mol. The van der Waals surface area contributed by atoms with Gasteiger partial charge >= 0.3 is 6.43 Å². The molecule has 0 saturated heterocycles. The number of hydrogen-bond acceptors (Lipinski definition) is 3. The van der Waals surface area contributed by atoms with Crippen LogP contribution in [0.15, 0.2) is 18.3 Å². The van der Waals surface area contributed by atoms with Gasteiger partial charge < -0.3 is 4.74 Å². The van der Waals surface area contributed by atoms with Crippen LogP contribution in [0, 0.1) is 11.3 Å². The number of halogens is 3. The Hall–Kier alpha value is -1.77. The maximum absolute atomic E-state index is 12.3. The van der Waals surface area contributed by atoms with Crippen LogP contribution in [0.3, 0.4) is 0 Å². The molecule has 0 aromatic carbocycles. The lowest BCUT2D eigenvalue weighted by Gasteiger charge is -2.09. The van der Waals surface area contributed by atoms with E-state index in [9.17, 15) is 13.2 Å². The molecule has 0 radical (unpaired) electrons. The second-order valence-corrected chi connectivity index (χ2v) is 2.29. The van der Waals surface area contributed by atoms with Crippen molar-refractivity contribution in [2.45, 2.75) is 12.8 Å². The van der Waals surface area contributed by atoms with Crippen molar-refractivity contribution in [3.63, 3.8) is 0 Å². The summed E-state index contributed by atoms with van der Waals surface area (Å²) in [6.45, 7) is 0. The van der Waals surface area contributed by atoms with Crippen LogP contribution in [-0.2, 0) is 0 Å². The summed E-state index contributed by atoms with van der Waals surface area (Å²) in [5, 5.41) is 8.35. The molecule has 0 saturated carbocycles. The highest BCUT2D eigenvalue weighted by atomic mass is 19.3. The quantitative estimate of drug-likeness (QED) is 0.751. The fourth-order valence-electron chi connectivity index (χ4n) is 0.698. The molecule has 1 atom stereocenters. The van der Waals surface area contributed by atoms with E-state index in [1.807, 2.05) is 0 Å². The lowest BCUT2D eigenvalue weighted by molar-refractivity contribution is -0.0670. The van der Waals surface area contributed by atoms with Crippen LogP contribution in [0.1, 0.15) is 5.69 Å². The zero-order valence-corrected chi connectivity index (χ0v) is 6.82. The summed E-state index contributed by atoms with van der Waals surface area (Å²) < 4.78 is 39.9. The average molecular weight is 202 g/mol. The number of hydrogen-bond donors (Lipinski definition) is 0. The first-order valence-corrected chi connectivity index (χ1v) is 3.58. The third-order valence-corrected chi connectivity index (χ3v) is 1.30. The summed E-state index contributed by atoms with van der Waals surface area (Å²) in [7, 11) is 0. The van der Waals surface area contributed by atoms with E-state index in [2.05, 4.69) is 9.72 Å². The minimum atomic E-state index is -3.20. The standard InChI is InChI=1S/C8H5F3N2O/c9-7(10)8(11)14-6-2-1-5(3-12)13-4-6/h1-2,4,7-8H. The van der Waals surface area contributed by atoms with Crippen molar-refractivity contribution in [2.75, 3.05) is 0 Å². The van der Waals surface area contributed by atoms with E-state index in [0.717, 1.165) is 6.20 Å². The lowest BCUT2D eigenvalue weighted by Crippen LogP contribution is -2.19. The molecule has 0 aliphatic rings. The summed E-state index contributed by atoms with van der Waals surface area (Å²) in [6.07, 6.45) is -4.87. The molecule has 0 aliphatic carbocycles. The van der Waals surface area contributed by atoms with Crippen LogP contribution in [0.5, 0.6) is 5.75 Å². The van der Waals surface area contributed by atoms with Crippen LogP contribution in [0.2, 0.25) is 0 Å². The largest absolute Gasteiger partial charge is 0.453 e. The van der Waals surface area contributed by atoms with Gasteiger partial charge in [0.1, 0.15) is 17.5 Å². The van der Waals surface area contributed by atoms with E-state index in [4.69, 9.17) is 5.26 Å². The SMILES string of the molecule is N#Cc1ccc(OC(F)C(F)F)cn1. The predicted molar refractivity (Wildman–Crippen MR) is 40.5 cm³/mol. The molecule has 0 bridgehead atoms. The fourth-order valence-corrected chi connectivity index (χ4v) is 0.698. The normalized spacial score (nSPS) is 12.2. The lowest BCUT2D eigenvalue weighted by atomic mass is 10.4. The molecule has 6 heteroatoms. The van der Waals surface area contributed by atoms with Gasteiger partial charge in [-0.3, -0.25) is 0 Å². The first kappa shape index (κ1) is 10.3. The molecule has 0 aliphatic heterocycles. The maximum Gasteiger partial charge on any atom is 0.304 e. The highest BCUT2D eigenvalue weighted by Gasteiger charge is 2.20. The monoisotopic (exact) mass is 202 g/mol. The van der Waals surface area contributed by atoms with Gasteiger partial charge in [0.2, 0.25) is 0 Å². The zero-order chi connectivity index (χ0) is 10.6. The van der Waals surface area contributed by atoms with Crippen molar-refractivity contribution in [1.29, 1.82) is 5.26 Å². The van der Waals surface area contributed by atoms with Crippen LogP contribution in [0.4, 0.5) is 13.2 Å². The van der Waals surface area contributed by atoms with Crippen LogP contribution < -0.4 is 4.74 Å². The third-order valence-electron chi connectivity index (χ3n) is 1.30. The molecular formula is C8H5F3N2O. The van der Waals surface area contributed by atoms with Crippen molar-refractivity contribution in [1.82, 2.24) is 4.98 Å². The van der Waals surface area contributed by atoms with Gasteiger partial charge in [0.25, 0.3) is 6.36 Å². The van der Waals surface area contributed by atoms with E-state index < -0.39 is 12.8 Å². The molecule has 1 aromatic heterocycles. The third kappa shape index (κ3) is 2.62. The highest BCUT2D eigenvalue weighted by Crippen LogP contribution is 2.15. The first-order valence-electron chi connectivity index (χ1n) is 3.58. The summed E-state index contributed by atoms with van der Waals surface area (Å²) in [5.41, 5.74) is 0.102. The highest BCUT2D eigenvalue weighted by molar-refractivity contribution is 5.26. The maximum atomic E-state index is 12.3. The van der Waals surface area contributed by atoms with Crippen molar-refractivity contribution in [3.8, 4) is 11.8 Å². The molecule has 0 N–H and O–H groups in total.